The van der Waals surface area contributed by atoms with Crippen LogP contribution in [-0.4, -0.2) is 47.0 Å². The lowest BCUT2D eigenvalue weighted by molar-refractivity contribution is 0.0740. The number of piperazine rings is 1. The maximum Gasteiger partial charge on any atom is 0.274 e. The van der Waals surface area contributed by atoms with Gasteiger partial charge in [0.2, 0.25) is 0 Å². The predicted octanol–water partition coefficient (Wildman–Crippen LogP) is 3.75. The first-order valence-corrected chi connectivity index (χ1v) is 10.00. The molecule has 1 saturated heterocycles. The molecular weight excluding hydrogens is 362 g/mol. The van der Waals surface area contributed by atoms with Gasteiger partial charge in [-0.1, -0.05) is 37.3 Å². The Labute approximate surface area is 171 Å². The Morgan fingerprint density at radius 1 is 0.931 bits per heavy atom. The number of aryl methyl sites for hydroxylation is 1. The molecule has 0 radical (unpaired) electrons. The average Bonchev–Trinajstić information content (AvgIpc) is 2.80. The van der Waals surface area contributed by atoms with E-state index in [0.29, 0.717) is 24.6 Å². The van der Waals surface area contributed by atoms with Crippen LogP contribution >= 0.6 is 0 Å². The quantitative estimate of drug-likeness (QED) is 0.723. The molecule has 0 atom stereocenters. The summed E-state index contributed by atoms with van der Waals surface area (Å²) in [5, 5.41) is 3.22. The molecule has 1 aliphatic heterocycles. The van der Waals surface area contributed by atoms with Crippen molar-refractivity contribution in [3.05, 3.63) is 78.2 Å². The van der Waals surface area contributed by atoms with Crippen LogP contribution in [0.4, 0.5) is 17.2 Å². The number of hydrogen-bond donors (Lipinski definition) is 1. The molecule has 0 bridgehead atoms. The van der Waals surface area contributed by atoms with Gasteiger partial charge in [-0.05, 0) is 36.2 Å². The van der Waals surface area contributed by atoms with E-state index in [1.807, 2.05) is 35.2 Å². The maximum absolute atomic E-state index is 12.8. The number of anilines is 3. The van der Waals surface area contributed by atoms with Gasteiger partial charge >= 0.3 is 0 Å². The summed E-state index contributed by atoms with van der Waals surface area (Å²) in [6.07, 6.45) is 4.17. The lowest BCUT2D eigenvalue weighted by Gasteiger charge is -2.35. The number of hydrogen-bond acceptors (Lipinski definition) is 5. The van der Waals surface area contributed by atoms with Gasteiger partial charge < -0.3 is 15.1 Å². The number of amides is 1. The number of carbonyl (C=O) groups is 1. The van der Waals surface area contributed by atoms with E-state index in [9.17, 15) is 4.79 Å². The minimum Gasteiger partial charge on any atom is -0.368 e. The molecule has 0 spiro atoms. The van der Waals surface area contributed by atoms with E-state index in [-0.39, 0.29) is 5.91 Å². The molecule has 0 unspecified atom stereocenters. The van der Waals surface area contributed by atoms with Crippen LogP contribution < -0.4 is 10.2 Å². The molecular formula is C23H25N5O. The third kappa shape index (κ3) is 4.54. The third-order valence-corrected chi connectivity index (χ3v) is 5.19. The SMILES string of the molecule is CCc1ccc(Nc2cnc(C(=O)N3CCN(c4ccccc4)CC3)cn2)cc1. The van der Waals surface area contributed by atoms with Gasteiger partial charge in [0.1, 0.15) is 11.5 Å². The van der Waals surface area contributed by atoms with Crippen molar-refractivity contribution in [2.75, 3.05) is 36.4 Å². The molecule has 3 aromatic rings. The van der Waals surface area contributed by atoms with Gasteiger partial charge in [-0.3, -0.25) is 4.79 Å². The Hall–Kier alpha value is -3.41. The molecule has 148 valence electrons. The molecule has 6 nitrogen and oxygen atoms in total. The van der Waals surface area contributed by atoms with Gasteiger partial charge in [-0.2, -0.15) is 0 Å². The van der Waals surface area contributed by atoms with E-state index in [4.69, 9.17) is 0 Å². The van der Waals surface area contributed by atoms with Crippen molar-refractivity contribution in [1.82, 2.24) is 14.9 Å². The Kier molecular flexibility index (Phi) is 5.70. The lowest BCUT2D eigenvalue weighted by Crippen LogP contribution is -2.49. The molecule has 1 amide bonds. The number of para-hydroxylation sites is 1. The van der Waals surface area contributed by atoms with E-state index in [1.54, 1.807) is 12.4 Å². The summed E-state index contributed by atoms with van der Waals surface area (Å²) in [7, 11) is 0. The van der Waals surface area contributed by atoms with E-state index < -0.39 is 0 Å². The topological polar surface area (TPSA) is 61.4 Å². The Balaban J connectivity index is 1.34. The van der Waals surface area contributed by atoms with Gasteiger partial charge in [0.15, 0.2) is 0 Å². The van der Waals surface area contributed by atoms with Crippen LogP contribution in [0.25, 0.3) is 0 Å². The zero-order chi connectivity index (χ0) is 20.1. The van der Waals surface area contributed by atoms with Gasteiger partial charge in [0.05, 0.1) is 12.4 Å². The van der Waals surface area contributed by atoms with Gasteiger partial charge in [-0.15, -0.1) is 0 Å². The van der Waals surface area contributed by atoms with Crippen molar-refractivity contribution in [3.8, 4) is 0 Å². The molecule has 4 rings (SSSR count). The monoisotopic (exact) mass is 387 g/mol. The minimum absolute atomic E-state index is 0.0657. The number of nitrogens with one attached hydrogen (secondary N) is 1. The Bertz CT molecular complexity index is 933. The first-order valence-electron chi connectivity index (χ1n) is 10.00. The summed E-state index contributed by atoms with van der Waals surface area (Å²) >= 11 is 0. The smallest absolute Gasteiger partial charge is 0.274 e. The van der Waals surface area contributed by atoms with Crippen molar-refractivity contribution >= 4 is 23.1 Å². The maximum atomic E-state index is 12.8. The van der Waals surface area contributed by atoms with Crippen molar-refractivity contribution in [3.63, 3.8) is 0 Å². The average molecular weight is 387 g/mol. The number of carbonyl (C=O) groups excluding carboxylic acids is 1. The molecule has 1 aliphatic rings. The van der Waals surface area contributed by atoms with Crippen LogP contribution in [0.1, 0.15) is 23.0 Å². The number of benzene rings is 2. The summed E-state index contributed by atoms with van der Waals surface area (Å²) < 4.78 is 0. The summed E-state index contributed by atoms with van der Waals surface area (Å²) in [5.41, 5.74) is 3.81. The third-order valence-electron chi connectivity index (χ3n) is 5.19. The molecule has 0 saturated carbocycles. The minimum atomic E-state index is -0.0657. The van der Waals surface area contributed by atoms with Gasteiger partial charge in [0, 0.05) is 37.6 Å². The molecule has 1 fully saturated rings. The zero-order valence-electron chi connectivity index (χ0n) is 16.6. The van der Waals surface area contributed by atoms with E-state index in [1.165, 1.54) is 11.3 Å². The Morgan fingerprint density at radius 2 is 1.66 bits per heavy atom. The van der Waals surface area contributed by atoms with Crippen molar-refractivity contribution in [2.24, 2.45) is 0 Å². The summed E-state index contributed by atoms with van der Waals surface area (Å²) in [6.45, 7) is 5.12. The van der Waals surface area contributed by atoms with E-state index >= 15 is 0 Å². The van der Waals surface area contributed by atoms with Crippen molar-refractivity contribution in [2.45, 2.75) is 13.3 Å². The molecule has 0 aliphatic carbocycles. The molecule has 1 N–H and O–H groups in total. The van der Waals surface area contributed by atoms with Crippen molar-refractivity contribution in [1.29, 1.82) is 0 Å². The normalized spacial score (nSPS) is 14.0. The van der Waals surface area contributed by atoms with Crippen molar-refractivity contribution < 1.29 is 4.79 Å². The zero-order valence-corrected chi connectivity index (χ0v) is 16.6. The number of aromatic nitrogens is 2. The highest BCUT2D eigenvalue weighted by Crippen LogP contribution is 2.18. The standard InChI is InChI=1S/C23H25N5O/c1-2-18-8-10-19(11-9-18)26-22-17-24-21(16-25-22)23(29)28-14-12-27(13-15-28)20-6-4-3-5-7-20/h3-11,16-17H,2,12-15H2,1H3,(H,25,26). The largest absolute Gasteiger partial charge is 0.368 e. The summed E-state index contributed by atoms with van der Waals surface area (Å²) in [4.78, 5) is 25.6. The second kappa shape index (κ2) is 8.73. The van der Waals surface area contributed by atoms with E-state index in [2.05, 4.69) is 51.4 Å². The van der Waals surface area contributed by atoms with Crippen LogP contribution in [0.15, 0.2) is 67.0 Å². The van der Waals surface area contributed by atoms with Crippen LogP contribution in [0.2, 0.25) is 0 Å². The molecule has 2 heterocycles. The highest BCUT2D eigenvalue weighted by molar-refractivity contribution is 5.92. The fourth-order valence-electron chi connectivity index (χ4n) is 3.44. The van der Waals surface area contributed by atoms with Gasteiger partial charge in [0.25, 0.3) is 5.91 Å². The van der Waals surface area contributed by atoms with Crippen LogP contribution in [0, 0.1) is 0 Å². The fourth-order valence-corrected chi connectivity index (χ4v) is 3.44. The molecule has 1 aromatic heterocycles. The van der Waals surface area contributed by atoms with Crippen LogP contribution in [-0.2, 0) is 6.42 Å². The molecule has 6 heteroatoms. The summed E-state index contributed by atoms with van der Waals surface area (Å²) in [6, 6.07) is 18.5. The van der Waals surface area contributed by atoms with E-state index in [0.717, 1.165) is 25.2 Å². The highest BCUT2D eigenvalue weighted by Gasteiger charge is 2.23. The molecule has 29 heavy (non-hydrogen) atoms. The second-order valence-electron chi connectivity index (χ2n) is 7.08. The van der Waals surface area contributed by atoms with Crippen LogP contribution in [0.3, 0.4) is 0 Å². The second-order valence-corrected chi connectivity index (χ2v) is 7.08. The number of nitrogens with zero attached hydrogens (tertiary/aromatic N) is 4. The van der Waals surface area contributed by atoms with Crippen LogP contribution in [0.5, 0.6) is 0 Å². The first kappa shape index (κ1) is 18.9. The lowest BCUT2D eigenvalue weighted by atomic mass is 10.1. The predicted molar refractivity (Wildman–Crippen MR) is 116 cm³/mol. The number of rotatable bonds is 5. The Morgan fingerprint density at radius 3 is 2.28 bits per heavy atom. The highest BCUT2D eigenvalue weighted by atomic mass is 16.2. The summed E-state index contributed by atoms with van der Waals surface area (Å²) in [5.74, 6) is 0.559. The fraction of sp³-hybridized carbons (Fsp3) is 0.261. The van der Waals surface area contributed by atoms with Gasteiger partial charge in [-0.25, -0.2) is 9.97 Å². The molecule has 2 aromatic carbocycles. The first-order chi connectivity index (χ1) is 14.2.